The second kappa shape index (κ2) is 8.13. The first-order valence-corrected chi connectivity index (χ1v) is 9.48. The number of rotatable bonds is 7. The number of carbonyl (C=O) groups is 1. The van der Waals surface area contributed by atoms with Crippen molar-refractivity contribution in [3.05, 3.63) is 59.2 Å². The largest absolute Gasteiger partial charge is 0.496 e. The Morgan fingerprint density at radius 1 is 1.23 bits per heavy atom. The molecule has 0 atom stereocenters. The zero-order chi connectivity index (χ0) is 19.3. The zero-order valence-corrected chi connectivity index (χ0v) is 15.6. The van der Waals surface area contributed by atoms with Crippen LogP contribution in [0.25, 0.3) is 0 Å². The van der Waals surface area contributed by atoms with Gasteiger partial charge in [0, 0.05) is 5.56 Å². The van der Waals surface area contributed by atoms with Gasteiger partial charge in [-0.25, -0.2) is 13.1 Å². The number of ether oxygens (including phenoxy) is 1. The number of hydrogen-bond acceptors (Lipinski definition) is 5. The summed E-state index contributed by atoms with van der Waals surface area (Å²) in [4.78, 5) is 12.3. The van der Waals surface area contributed by atoms with Crippen LogP contribution in [-0.2, 0) is 10.0 Å². The molecule has 0 aliphatic heterocycles. The first kappa shape index (κ1) is 19.6. The standard InChI is InChI=1S/C19H20N2O4S/c1-13(2)16-10-14(8-9-18(16)25-3)17(22)12-21-26(23,24)19-7-5-4-6-15(19)11-20/h4-10,13,21H,12H2,1-3H3. The van der Waals surface area contributed by atoms with Crippen molar-refractivity contribution in [1.29, 1.82) is 5.26 Å². The molecule has 0 aliphatic carbocycles. The minimum Gasteiger partial charge on any atom is -0.496 e. The van der Waals surface area contributed by atoms with Gasteiger partial charge in [-0.05, 0) is 41.8 Å². The molecule has 0 saturated carbocycles. The fourth-order valence-corrected chi connectivity index (χ4v) is 3.63. The molecule has 136 valence electrons. The summed E-state index contributed by atoms with van der Waals surface area (Å²) in [7, 11) is -2.40. The molecule has 2 aromatic rings. The Morgan fingerprint density at radius 3 is 2.54 bits per heavy atom. The van der Waals surface area contributed by atoms with Crippen LogP contribution in [-0.4, -0.2) is 27.9 Å². The molecule has 0 unspecified atom stereocenters. The first-order chi connectivity index (χ1) is 12.3. The van der Waals surface area contributed by atoms with Gasteiger partial charge in [0.25, 0.3) is 0 Å². The number of benzene rings is 2. The number of ketones is 1. The Morgan fingerprint density at radius 2 is 1.92 bits per heavy atom. The second-order valence-electron chi connectivity index (χ2n) is 5.97. The smallest absolute Gasteiger partial charge is 0.242 e. The average molecular weight is 372 g/mol. The molecule has 1 N–H and O–H groups in total. The van der Waals surface area contributed by atoms with E-state index in [-0.39, 0.29) is 22.2 Å². The Kier molecular flexibility index (Phi) is 6.14. The maximum Gasteiger partial charge on any atom is 0.242 e. The molecule has 26 heavy (non-hydrogen) atoms. The highest BCUT2D eigenvalue weighted by Crippen LogP contribution is 2.27. The van der Waals surface area contributed by atoms with Crippen LogP contribution in [0.2, 0.25) is 0 Å². The lowest BCUT2D eigenvalue weighted by Crippen LogP contribution is -2.30. The summed E-state index contributed by atoms with van der Waals surface area (Å²) < 4.78 is 32.3. The normalized spacial score (nSPS) is 11.2. The number of Topliss-reactive ketones (excluding diaryl/α,β-unsaturated/α-hetero) is 1. The van der Waals surface area contributed by atoms with Crippen LogP contribution in [0.5, 0.6) is 5.75 Å². The number of sulfonamides is 1. The van der Waals surface area contributed by atoms with E-state index < -0.39 is 16.6 Å². The van der Waals surface area contributed by atoms with Gasteiger partial charge in [-0.1, -0.05) is 26.0 Å². The molecule has 0 aromatic heterocycles. The van der Waals surface area contributed by atoms with Crippen LogP contribution in [0.15, 0.2) is 47.4 Å². The first-order valence-electron chi connectivity index (χ1n) is 8.00. The average Bonchev–Trinajstić information content (AvgIpc) is 2.65. The van der Waals surface area contributed by atoms with Crippen LogP contribution in [0, 0.1) is 11.3 Å². The Bertz CT molecular complexity index is 960. The van der Waals surface area contributed by atoms with E-state index in [9.17, 15) is 13.2 Å². The number of hydrogen-bond donors (Lipinski definition) is 1. The van der Waals surface area contributed by atoms with Crippen molar-refractivity contribution in [1.82, 2.24) is 4.72 Å². The van der Waals surface area contributed by atoms with E-state index in [0.29, 0.717) is 11.3 Å². The fourth-order valence-electron chi connectivity index (χ4n) is 2.49. The monoisotopic (exact) mass is 372 g/mol. The van der Waals surface area contributed by atoms with Crippen molar-refractivity contribution in [3.63, 3.8) is 0 Å². The third-order valence-corrected chi connectivity index (χ3v) is 5.35. The summed E-state index contributed by atoms with van der Waals surface area (Å²) in [6, 6.07) is 12.7. The van der Waals surface area contributed by atoms with Gasteiger partial charge < -0.3 is 4.74 Å². The molecule has 0 aliphatic rings. The number of nitriles is 1. The van der Waals surface area contributed by atoms with Crippen molar-refractivity contribution in [2.45, 2.75) is 24.7 Å². The SMILES string of the molecule is COc1ccc(C(=O)CNS(=O)(=O)c2ccccc2C#N)cc1C(C)C. The van der Waals surface area contributed by atoms with E-state index in [1.54, 1.807) is 31.4 Å². The molecule has 0 saturated heterocycles. The molecule has 0 heterocycles. The van der Waals surface area contributed by atoms with Crippen molar-refractivity contribution in [2.75, 3.05) is 13.7 Å². The quantitative estimate of drug-likeness (QED) is 0.754. The van der Waals surface area contributed by atoms with Gasteiger partial charge >= 0.3 is 0 Å². The summed E-state index contributed by atoms with van der Waals surface area (Å²) >= 11 is 0. The molecule has 7 heteroatoms. The van der Waals surface area contributed by atoms with Crippen LogP contribution in [0.4, 0.5) is 0 Å². The molecule has 2 aromatic carbocycles. The van der Waals surface area contributed by atoms with Crippen molar-refractivity contribution >= 4 is 15.8 Å². The zero-order valence-electron chi connectivity index (χ0n) is 14.8. The number of nitrogens with one attached hydrogen (secondary N) is 1. The highest BCUT2D eigenvalue weighted by Gasteiger charge is 2.20. The lowest BCUT2D eigenvalue weighted by molar-refractivity contribution is 0.0997. The number of methoxy groups -OCH3 is 1. The van der Waals surface area contributed by atoms with Crippen LogP contribution >= 0.6 is 0 Å². The minimum atomic E-state index is -3.96. The number of carbonyl (C=O) groups excluding carboxylic acids is 1. The lowest BCUT2D eigenvalue weighted by atomic mass is 9.98. The van der Waals surface area contributed by atoms with Crippen LogP contribution in [0.1, 0.15) is 41.3 Å². The van der Waals surface area contributed by atoms with Gasteiger partial charge in [-0.3, -0.25) is 4.79 Å². The van der Waals surface area contributed by atoms with Gasteiger partial charge in [0.1, 0.15) is 11.8 Å². The topological polar surface area (TPSA) is 96.3 Å². The summed E-state index contributed by atoms with van der Waals surface area (Å²) in [5, 5.41) is 9.05. The Hall–Kier alpha value is -2.69. The van der Waals surface area contributed by atoms with E-state index in [2.05, 4.69) is 4.72 Å². The third kappa shape index (κ3) is 4.28. The van der Waals surface area contributed by atoms with Gasteiger partial charge in [0.05, 0.1) is 24.1 Å². The van der Waals surface area contributed by atoms with Crippen LogP contribution < -0.4 is 9.46 Å². The van der Waals surface area contributed by atoms with E-state index in [1.807, 2.05) is 19.9 Å². The maximum atomic E-state index is 12.4. The molecule has 0 spiro atoms. The predicted molar refractivity (Wildman–Crippen MR) is 97.8 cm³/mol. The van der Waals surface area contributed by atoms with Gasteiger partial charge in [-0.15, -0.1) is 0 Å². The van der Waals surface area contributed by atoms with Crippen molar-refractivity contribution in [3.8, 4) is 11.8 Å². The molecular formula is C19H20N2O4S. The molecule has 0 amide bonds. The molecule has 0 bridgehead atoms. The van der Waals surface area contributed by atoms with Gasteiger partial charge in [-0.2, -0.15) is 5.26 Å². The highest BCUT2D eigenvalue weighted by atomic mass is 32.2. The third-order valence-electron chi connectivity index (χ3n) is 3.89. The van der Waals surface area contributed by atoms with Crippen molar-refractivity contribution in [2.24, 2.45) is 0 Å². The van der Waals surface area contributed by atoms with E-state index in [4.69, 9.17) is 10.00 Å². The maximum absolute atomic E-state index is 12.4. The van der Waals surface area contributed by atoms with E-state index >= 15 is 0 Å². The van der Waals surface area contributed by atoms with Gasteiger partial charge in [0.2, 0.25) is 10.0 Å². The lowest BCUT2D eigenvalue weighted by Gasteiger charge is -2.13. The summed E-state index contributed by atoms with van der Waals surface area (Å²) in [5.41, 5.74) is 1.29. The Balaban J connectivity index is 2.21. The summed E-state index contributed by atoms with van der Waals surface area (Å²) in [6.45, 7) is 3.56. The van der Waals surface area contributed by atoms with Gasteiger partial charge in [0.15, 0.2) is 5.78 Å². The van der Waals surface area contributed by atoms with Crippen molar-refractivity contribution < 1.29 is 17.9 Å². The van der Waals surface area contributed by atoms with E-state index in [1.165, 1.54) is 18.2 Å². The fraction of sp³-hybridized carbons (Fsp3) is 0.263. The van der Waals surface area contributed by atoms with E-state index in [0.717, 1.165) is 5.56 Å². The summed E-state index contributed by atoms with van der Waals surface area (Å²) in [5.74, 6) is 0.463. The highest BCUT2D eigenvalue weighted by molar-refractivity contribution is 7.89. The number of nitrogens with zero attached hydrogens (tertiary/aromatic N) is 1. The molecule has 0 radical (unpaired) electrons. The molecule has 0 fully saturated rings. The van der Waals surface area contributed by atoms with Crippen LogP contribution in [0.3, 0.4) is 0 Å². The minimum absolute atomic E-state index is 0.0268. The molecule has 2 rings (SSSR count). The predicted octanol–water partition coefficient (Wildman–Crippen LogP) is 2.85. The second-order valence-corrected chi connectivity index (χ2v) is 7.70. The molecular weight excluding hydrogens is 352 g/mol. The Labute approximate surface area is 153 Å². The summed E-state index contributed by atoms with van der Waals surface area (Å²) in [6.07, 6.45) is 0. The molecule has 6 nitrogen and oxygen atoms in total.